The number of benzene rings is 1. The monoisotopic (exact) mass is 389 g/mol. The average Bonchev–Trinajstić information content (AvgIpc) is 3.10. The number of hydrogen-bond donors (Lipinski definition) is 1. The van der Waals surface area contributed by atoms with Crippen LogP contribution in [0.1, 0.15) is 19.3 Å². The van der Waals surface area contributed by atoms with E-state index in [4.69, 9.17) is 4.74 Å². The molecule has 0 aliphatic carbocycles. The van der Waals surface area contributed by atoms with Crippen molar-refractivity contribution in [2.75, 3.05) is 38.2 Å². The summed E-state index contributed by atoms with van der Waals surface area (Å²) < 4.78 is 6.60. The van der Waals surface area contributed by atoms with Crippen molar-refractivity contribution in [2.24, 2.45) is 5.92 Å². The number of nitrogens with one attached hydrogen (secondary N) is 1. The lowest BCUT2D eigenvalue weighted by Crippen LogP contribution is -2.41. The SMILES string of the molecule is Brc1ccc2nccc(NC3CCN(CC4CCOC4)CC3)c2c1. The summed E-state index contributed by atoms with van der Waals surface area (Å²) in [6.45, 7) is 5.48. The number of anilines is 1. The van der Waals surface area contributed by atoms with Crippen molar-refractivity contribution >= 4 is 32.5 Å². The Morgan fingerprint density at radius 1 is 1.21 bits per heavy atom. The summed E-state index contributed by atoms with van der Waals surface area (Å²) >= 11 is 3.57. The molecule has 1 aromatic heterocycles. The minimum absolute atomic E-state index is 0.547. The molecule has 4 nitrogen and oxygen atoms in total. The highest BCUT2D eigenvalue weighted by molar-refractivity contribution is 9.10. The molecule has 1 aromatic carbocycles. The van der Waals surface area contributed by atoms with Crippen molar-refractivity contribution in [1.29, 1.82) is 0 Å². The number of hydrogen-bond acceptors (Lipinski definition) is 4. The molecule has 128 valence electrons. The summed E-state index contributed by atoms with van der Waals surface area (Å²) in [4.78, 5) is 7.07. The smallest absolute Gasteiger partial charge is 0.0723 e. The quantitative estimate of drug-likeness (QED) is 0.859. The van der Waals surface area contributed by atoms with Crippen LogP contribution in [0.3, 0.4) is 0 Å². The summed E-state index contributed by atoms with van der Waals surface area (Å²) in [6, 6.07) is 8.91. The fraction of sp³-hybridized carbons (Fsp3) is 0.526. The summed E-state index contributed by atoms with van der Waals surface area (Å²) in [5.41, 5.74) is 2.24. The van der Waals surface area contributed by atoms with E-state index in [1.165, 1.54) is 50.0 Å². The Bertz CT molecular complexity index is 694. The van der Waals surface area contributed by atoms with Gasteiger partial charge in [-0.05, 0) is 49.4 Å². The van der Waals surface area contributed by atoms with Gasteiger partial charge in [-0.15, -0.1) is 0 Å². The fourth-order valence-corrected chi connectivity index (χ4v) is 4.18. The molecule has 1 N–H and O–H groups in total. The van der Waals surface area contributed by atoms with Gasteiger partial charge < -0.3 is 15.0 Å². The molecule has 0 amide bonds. The predicted octanol–water partition coefficient (Wildman–Crippen LogP) is 3.91. The minimum atomic E-state index is 0.547. The molecule has 1 unspecified atom stereocenters. The van der Waals surface area contributed by atoms with Crippen molar-refractivity contribution in [3.05, 3.63) is 34.9 Å². The molecule has 2 aliphatic rings. The number of rotatable bonds is 4. The Labute approximate surface area is 151 Å². The van der Waals surface area contributed by atoms with Crippen LogP contribution in [0.5, 0.6) is 0 Å². The van der Waals surface area contributed by atoms with E-state index in [1.54, 1.807) is 0 Å². The molecule has 3 heterocycles. The van der Waals surface area contributed by atoms with Crippen molar-refractivity contribution in [3.8, 4) is 0 Å². The molecule has 2 aromatic rings. The van der Waals surface area contributed by atoms with E-state index in [0.29, 0.717) is 6.04 Å². The molecule has 24 heavy (non-hydrogen) atoms. The van der Waals surface area contributed by atoms with Gasteiger partial charge in [-0.1, -0.05) is 15.9 Å². The Morgan fingerprint density at radius 3 is 2.88 bits per heavy atom. The molecule has 0 spiro atoms. The van der Waals surface area contributed by atoms with Gasteiger partial charge in [-0.2, -0.15) is 0 Å². The van der Waals surface area contributed by atoms with Crippen LogP contribution in [0.25, 0.3) is 10.9 Å². The highest BCUT2D eigenvalue weighted by atomic mass is 79.9. The molecule has 2 fully saturated rings. The van der Waals surface area contributed by atoms with Crippen LogP contribution in [-0.4, -0.2) is 48.8 Å². The Kier molecular flexibility index (Phi) is 5.01. The molecule has 0 radical (unpaired) electrons. The molecule has 2 saturated heterocycles. The van der Waals surface area contributed by atoms with Crippen LogP contribution in [0, 0.1) is 5.92 Å². The lowest BCUT2D eigenvalue weighted by Gasteiger charge is -2.34. The van der Waals surface area contributed by atoms with E-state index in [0.717, 1.165) is 29.1 Å². The van der Waals surface area contributed by atoms with E-state index < -0.39 is 0 Å². The Hall–Kier alpha value is -1.17. The second-order valence-electron chi connectivity index (χ2n) is 6.97. The van der Waals surface area contributed by atoms with Gasteiger partial charge in [-0.25, -0.2) is 0 Å². The number of pyridine rings is 1. The zero-order valence-electron chi connectivity index (χ0n) is 13.9. The summed E-state index contributed by atoms with van der Waals surface area (Å²) in [7, 11) is 0. The number of halogens is 1. The first-order valence-electron chi connectivity index (χ1n) is 8.89. The third-order valence-electron chi connectivity index (χ3n) is 5.19. The lowest BCUT2D eigenvalue weighted by molar-refractivity contribution is 0.154. The largest absolute Gasteiger partial charge is 0.382 e. The summed E-state index contributed by atoms with van der Waals surface area (Å²) in [6.07, 6.45) is 5.53. The van der Waals surface area contributed by atoms with E-state index in [2.05, 4.69) is 49.3 Å². The fourth-order valence-electron chi connectivity index (χ4n) is 3.82. The number of ether oxygens (including phenoxy) is 1. The van der Waals surface area contributed by atoms with Crippen LogP contribution in [-0.2, 0) is 4.74 Å². The van der Waals surface area contributed by atoms with Crippen molar-refractivity contribution < 1.29 is 4.74 Å². The third kappa shape index (κ3) is 3.73. The van der Waals surface area contributed by atoms with E-state index in [1.807, 2.05) is 12.3 Å². The van der Waals surface area contributed by atoms with Gasteiger partial charge in [0.05, 0.1) is 12.1 Å². The van der Waals surface area contributed by atoms with E-state index in [9.17, 15) is 0 Å². The van der Waals surface area contributed by atoms with Gasteiger partial charge in [0.15, 0.2) is 0 Å². The first-order chi connectivity index (χ1) is 11.8. The molecule has 4 rings (SSSR count). The number of piperidine rings is 1. The normalized spacial score (nSPS) is 23.0. The number of nitrogens with zero attached hydrogens (tertiary/aromatic N) is 2. The van der Waals surface area contributed by atoms with Gasteiger partial charge in [0, 0.05) is 54.0 Å². The van der Waals surface area contributed by atoms with Crippen LogP contribution < -0.4 is 5.32 Å². The molecule has 0 saturated carbocycles. The van der Waals surface area contributed by atoms with Crippen molar-refractivity contribution in [1.82, 2.24) is 9.88 Å². The molecular formula is C19H24BrN3O. The molecule has 2 aliphatic heterocycles. The molecule has 5 heteroatoms. The van der Waals surface area contributed by atoms with Gasteiger partial charge in [0.1, 0.15) is 0 Å². The summed E-state index contributed by atoms with van der Waals surface area (Å²) in [5, 5.41) is 4.95. The second kappa shape index (κ2) is 7.38. The van der Waals surface area contributed by atoms with E-state index in [-0.39, 0.29) is 0 Å². The molecule has 0 bridgehead atoms. The maximum atomic E-state index is 5.50. The standard InChI is InChI=1S/C19H24BrN3O/c20-15-1-2-18-17(11-15)19(3-7-21-18)22-16-4-8-23(9-5-16)12-14-6-10-24-13-14/h1-3,7,11,14,16H,4-6,8-10,12-13H2,(H,21,22). The second-order valence-corrected chi connectivity index (χ2v) is 7.88. The van der Waals surface area contributed by atoms with Gasteiger partial charge in [0.25, 0.3) is 0 Å². The lowest BCUT2D eigenvalue weighted by atomic mass is 10.0. The predicted molar refractivity (Wildman–Crippen MR) is 101 cm³/mol. The Morgan fingerprint density at radius 2 is 2.08 bits per heavy atom. The van der Waals surface area contributed by atoms with Crippen LogP contribution in [0.15, 0.2) is 34.9 Å². The number of fused-ring (bicyclic) bond motifs is 1. The van der Waals surface area contributed by atoms with Crippen molar-refractivity contribution in [3.63, 3.8) is 0 Å². The highest BCUT2D eigenvalue weighted by Gasteiger charge is 2.24. The van der Waals surface area contributed by atoms with Gasteiger partial charge in [0.2, 0.25) is 0 Å². The molecular weight excluding hydrogens is 366 g/mol. The van der Waals surface area contributed by atoms with Crippen molar-refractivity contribution in [2.45, 2.75) is 25.3 Å². The summed E-state index contributed by atoms with van der Waals surface area (Å²) in [5.74, 6) is 0.746. The maximum absolute atomic E-state index is 5.50. The maximum Gasteiger partial charge on any atom is 0.0723 e. The first-order valence-corrected chi connectivity index (χ1v) is 9.68. The van der Waals surface area contributed by atoms with Crippen LogP contribution in [0.2, 0.25) is 0 Å². The topological polar surface area (TPSA) is 37.4 Å². The molecule has 1 atom stereocenters. The first kappa shape index (κ1) is 16.3. The highest BCUT2D eigenvalue weighted by Crippen LogP contribution is 2.27. The van der Waals surface area contributed by atoms with E-state index >= 15 is 0 Å². The Balaban J connectivity index is 1.37. The van der Waals surface area contributed by atoms with Gasteiger partial charge in [-0.3, -0.25) is 4.98 Å². The zero-order chi connectivity index (χ0) is 16.4. The third-order valence-corrected chi connectivity index (χ3v) is 5.68. The van der Waals surface area contributed by atoms with Crippen LogP contribution >= 0.6 is 15.9 Å². The van der Waals surface area contributed by atoms with Gasteiger partial charge >= 0.3 is 0 Å². The number of aromatic nitrogens is 1. The average molecular weight is 390 g/mol. The zero-order valence-corrected chi connectivity index (χ0v) is 15.5. The minimum Gasteiger partial charge on any atom is -0.382 e. The number of likely N-dealkylation sites (tertiary alicyclic amines) is 1. The van der Waals surface area contributed by atoms with Crippen LogP contribution in [0.4, 0.5) is 5.69 Å².